The third-order valence-electron chi connectivity index (χ3n) is 3.85. The molecule has 4 heteroatoms. The van der Waals surface area contributed by atoms with Crippen molar-refractivity contribution >= 4 is 27.5 Å². The van der Waals surface area contributed by atoms with Gasteiger partial charge in [-0.1, -0.05) is 27.5 Å². The summed E-state index contributed by atoms with van der Waals surface area (Å²) in [6.45, 7) is 8.47. The Balaban J connectivity index is 2.31. The highest BCUT2D eigenvalue weighted by Crippen LogP contribution is 2.47. The SMILES string of the molecule is CC1(C)CC(C(N)c2cc(Cl)cc(Br)c2)C(C)(C)O1. The molecule has 0 aromatic heterocycles. The standard InChI is InChI=1S/C15H21BrClNO/c1-14(2)8-12(15(3,4)19-14)13(18)9-5-10(16)7-11(17)6-9/h5-7,12-13H,8,18H2,1-4H3. The van der Waals surface area contributed by atoms with Crippen LogP contribution in [0.2, 0.25) is 5.02 Å². The Morgan fingerprint density at radius 2 is 1.95 bits per heavy atom. The van der Waals surface area contributed by atoms with Crippen LogP contribution in [-0.4, -0.2) is 11.2 Å². The van der Waals surface area contributed by atoms with Crippen LogP contribution < -0.4 is 5.73 Å². The van der Waals surface area contributed by atoms with Crippen molar-refractivity contribution in [3.8, 4) is 0 Å². The molecule has 2 rings (SSSR count). The molecule has 0 aliphatic carbocycles. The Morgan fingerprint density at radius 1 is 1.32 bits per heavy atom. The summed E-state index contributed by atoms with van der Waals surface area (Å²) >= 11 is 9.58. The van der Waals surface area contributed by atoms with Crippen molar-refractivity contribution in [1.82, 2.24) is 0 Å². The zero-order valence-electron chi connectivity index (χ0n) is 11.8. The van der Waals surface area contributed by atoms with E-state index in [2.05, 4.69) is 43.6 Å². The molecule has 0 radical (unpaired) electrons. The fraction of sp³-hybridized carbons (Fsp3) is 0.600. The molecule has 1 saturated heterocycles. The molecule has 0 amide bonds. The van der Waals surface area contributed by atoms with Crippen LogP contribution in [0.25, 0.3) is 0 Å². The number of halogens is 2. The second kappa shape index (κ2) is 5.03. The van der Waals surface area contributed by atoms with Gasteiger partial charge in [-0.3, -0.25) is 0 Å². The Bertz CT molecular complexity index is 467. The predicted molar refractivity (Wildman–Crippen MR) is 83.4 cm³/mol. The number of rotatable bonds is 2. The van der Waals surface area contributed by atoms with E-state index in [0.717, 1.165) is 16.5 Å². The first-order chi connectivity index (χ1) is 8.61. The molecule has 1 aliphatic rings. The smallest absolute Gasteiger partial charge is 0.0680 e. The van der Waals surface area contributed by atoms with Crippen LogP contribution in [0.3, 0.4) is 0 Å². The minimum atomic E-state index is -0.224. The van der Waals surface area contributed by atoms with Gasteiger partial charge in [0.05, 0.1) is 11.2 Å². The van der Waals surface area contributed by atoms with Crippen LogP contribution in [0, 0.1) is 5.92 Å². The van der Waals surface area contributed by atoms with Crippen LogP contribution >= 0.6 is 27.5 Å². The zero-order chi connectivity index (χ0) is 14.4. The number of nitrogens with two attached hydrogens (primary N) is 1. The molecular weight excluding hydrogens is 326 g/mol. The summed E-state index contributed by atoms with van der Waals surface area (Å²) in [5, 5.41) is 0.704. The number of benzene rings is 1. The van der Waals surface area contributed by atoms with Gasteiger partial charge in [0.2, 0.25) is 0 Å². The second-order valence-electron chi connectivity index (χ2n) is 6.50. The topological polar surface area (TPSA) is 35.2 Å². The highest BCUT2D eigenvalue weighted by Gasteiger charge is 2.48. The number of ether oxygens (including phenoxy) is 1. The molecule has 0 bridgehead atoms. The van der Waals surface area contributed by atoms with Crippen LogP contribution in [-0.2, 0) is 4.74 Å². The first-order valence-electron chi connectivity index (χ1n) is 6.52. The average Bonchev–Trinajstić information content (AvgIpc) is 2.44. The van der Waals surface area contributed by atoms with Crippen molar-refractivity contribution in [2.45, 2.75) is 51.4 Å². The van der Waals surface area contributed by atoms with E-state index in [1.807, 2.05) is 18.2 Å². The van der Waals surface area contributed by atoms with Gasteiger partial charge < -0.3 is 10.5 Å². The molecular formula is C15H21BrClNO. The molecule has 2 atom stereocenters. The molecule has 0 spiro atoms. The largest absolute Gasteiger partial charge is 0.369 e. The van der Waals surface area contributed by atoms with E-state index < -0.39 is 0 Å². The second-order valence-corrected chi connectivity index (χ2v) is 7.86. The number of hydrogen-bond donors (Lipinski definition) is 1. The monoisotopic (exact) mass is 345 g/mol. The van der Waals surface area contributed by atoms with E-state index in [1.165, 1.54) is 0 Å². The quantitative estimate of drug-likeness (QED) is 0.842. The lowest BCUT2D eigenvalue weighted by molar-refractivity contribution is -0.0767. The van der Waals surface area contributed by atoms with Crippen LogP contribution in [0.4, 0.5) is 0 Å². The summed E-state index contributed by atoms with van der Waals surface area (Å²) in [4.78, 5) is 0. The Hall–Kier alpha value is -0.0900. The van der Waals surface area contributed by atoms with E-state index in [4.69, 9.17) is 22.1 Å². The molecule has 1 fully saturated rings. The maximum Gasteiger partial charge on any atom is 0.0680 e. The van der Waals surface area contributed by atoms with Gasteiger partial charge in [0, 0.05) is 21.5 Å². The molecule has 1 aromatic rings. The highest BCUT2D eigenvalue weighted by atomic mass is 79.9. The van der Waals surface area contributed by atoms with Crippen LogP contribution in [0.1, 0.15) is 45.7 Å². The van der Waals surface area contributed by atoms with Crippen LogP contribution in [0.5, 0.6) is 0 Å². The van der Waals surface area contributed by atoms with E-state index in [1.54, 1.807) is 0 Å². The fourth-order valence-electron chi connectivity index (χ4n) is 3.16. The third kappa shape index (κ3) is 3.33. The fourth-order valence-corrected chi connectivity index (χ4v) is 4.05. The van der Waals surface area contributed by atoms with Crippen molar-refractivity contribution in [1.29, 1.82) is 0 Å². The Kier molecular flexibility index (Phi) is 4.05. The summed E-state index contributed by atoms with van der Waals surface area (Å²) in [5.41, 5.74) is 7.18. The zero-order valence-corrected chi connectivity index (χ0v) is 14.2. The van der Waals surface area contributed by atoms with Gasteiger partial charge in [0.25, 0.3) is 0 Å². The molecule has 2 unspecified atom stereocenters. The summed E-state index contributed by atoms with van der Waals surface area (Å²) in [7, 11) is 0. The van der Waals surface area contributed by atoms with Gasteiger partial charge in [0.15, 0.2) is 0 Å². The van der Waals surface area contributed by atoms with Crippen molar-refractivity contribution in [2.24, 2.45) is 11.7 Å². The van der Waals surface area contributed by atoms with E-state index in [9.17, 15) is 0 Å². The van der Waals surface area contributed by atoms with E-state index >= 15 is 0 Å². The predicted octanol–water partition coefficient (Wildman–Crippen LogP) is 4.70. The first kappa shape index (κ1) is 15.3. The summed E-state index contributed by atoms with van der Waals surface area (Å²) < 4.78 is 7.09. The van der Waals surface area contributed by atoms with Crippen molar-refractivity contribution < 1.29 is 4.74 Å². The highest BCUT2D eigenvalue weighted by molar-refractivity contribution is 9.10. The van der Waals surface area contributed by atoms with Crippen molar-refractivity contribution in [3.05, 3.63) is 33.3 Å². The minimum Gasteiger partial charge on any atom is -0.369 e. The van der Waals surface area contributed by atoms with Gasteiger partial charge in [-0.25, -0.2) is 0 Å². The summed E-state index contributed by atoms with van der Waals surface area (Å²) in [5.74, 6) is 0.271. The van der Waals surface area contributed by atoms with Crippen molar-refractivity contribution in [3.63, 3.8) is 0 Å². The minimum absolute atomic E-state index is 0.0771. The molecule has 1 aromatic carbocycles. The normalized spacial score (nSPS) is 26.4. The van der Waals surface area contributed by atoms with Gasteiger partial charge in [-0.15, -0.1) is 0 Å². The molecule has 1 aliphatic heterocycles. The van der Waals surface area contributed by atoms with Gasteiger partial charge in [0.1, 0.15) is 0 Å². The molecule has 2 N–H and O–H groups in total. The Morgan fingerprint density at radius 3 is 2.42 bits per heavy atom. The third-order valence-corrected chi connectivity index (χ3v) is 4.52. The average molecular weight is 347 g/mol. The first-order valence-corrected chi connectivity index (χ1v) is 7.70. The summed E-state index contributed by atoms with van der Waals surface area (Å²) in [6, 6.07) is 5.78. The Labute approximate surface area is 128 Å². The maximum absolute atomic E-state index is 6.48. The molecule has 0 saturated carbocycles. The molecule has 1 heterocycles. The number of hydrogen-bond acceptors (Lipinski definition) is 2. The van der Waals surface area contributed by atoms with E-state index in [-0.39, 0.29) is 23.2 Å². The molecule has 106 valence electrons. The van der Waals surface area contributed by atoms with Gasteiger partial charge >= 0.3 is 0 Å². The van der Waals surface area contributed by atoms with Crippen LogP contribution in [0.15, 0.2) is 22.7 Å². The van der Waals surface area contributed by atoms with Gasteiger partial charge in [-0.05, 0) is 57.9 Å². The summed E-state index contributed by atoms with van der Waals surface area (Å²) in [6.07, 6.45) is 0.950. The molecule has 19 heavy (non-hydrogen) atoms. The maximum atomic E-state index is 6.48. The lowest BCUT2D eigenvalue weighted by Crippen LogP contribution is -2.35. The lowest BCUT2D eigenvalue weighted by atomic mass is 9.79. The molecule has 2 nitrogen and oxygen atoms in total. The van der Waals surface area contributed by atoms with Crippen molar-refractivity contribution in [2.75, 3.05) is 0 Å². The lowest BCUT2D eigenvalue weighted by Gasteiger charge is -2.31. The van der Waals surface area contributed by atoms with Gasteiger partial charge in [-0.2, -0.15) is 0 Å². The van der Waals surface area contributed by atoms with E-state index in [0.29, 0.717) is 5.02 Å².